The first kappa shape index (κ1) is 21.1. The highest BCUT2D eigenvalue weighted by Crippen LogP contribution is 2.26. The Balaban J connectivity index is 1.80. The van der Waals surface area contributed by atoms with Gasteiger partial charge in [-0.1, -0.05) is 11.6 Å². The number of sulfone groups is 1. The molecule has 28 heavy (non-hydrogen) atoms. The van der Waals surface area contributed by atoms with Crippen molar-refractivity contribution >= 4 is 38.7 Å². The second kappa shape index (κ2) is 8.43. The number of halogens is 1. The lowest BCUT2D eigenvalue weighted by Gasteiger charge is -2.30. The Bertz CT molecular complexity index is 970. The van der Waals surface area contributed by atoms with Crippen LogP contribution in [0.15, 0.2) is 29.6 Å². The molecule has 0 saturated carbocycles. The van der Waals surface area contributed by atoms with E-state index in [4.69, 9.17) is 16.3 Å². The second-order valence-corrected chi connectivity index (χ2v) is 10.9. The van der Waals surface area contributed by atoms with Crippen molar-refractivity contribution in [3.63, 3.8) is 0 Å². The van der Waals surface area contributed by atoms with Crippen LogP contribution < -0.4 is 4.74 Å². The Morgan fingerprint density at radius 1 is 1.32 bits per heavy atom. The van der Waals surface area contributed by atoms with Gasteiger partial charge in [0.05, 0.1) is 18.1 Å². The normalized spacial score (nSPS) is 19.4. The molecule has 0 bridgehead atoms. The van der Waals surface area contributed by atoms with Gasteiger partial charge in [0.25, 0.3) is 5.91 Å². The van der Waals surface area contributed by atoms with Crippen LogP contribution in [0, 0.1) is 13.8 Å². The van der Waals surface area contributed by atoms with Gasteiger partial charge in [-0.05, 0) is 68.0 Å². The summed E-state index contributed by atoms with van der Waals surface area (Å²) in [7, 11) is -3.10. The van der Waals surface area contributed by atoms with Gasteiger partial charge >= 0.3 is 0 Å². The SMILES string of the molecule is Cc1cc(O[C@@H](C)C(=O)N(Cc2sccc2C)[C@@H]2CCS(=O)(=O)C2)ccc1Cl. The van der Waals surface area contributed by atoms with E-state index < -0.39 is 15.9 Å². The summed E-state index contributed by atoms with van der Waals surface area (Å²) >= 11 is 7.63. The van der Waals surface area contributed by atoms with Crippen LogP contribution in [-0.4, -0.2) is 42.9 Å². The number of aryl methyl sites for hydroxylation is 2. The molecule has 152 valence electrons. The van der Waals surface area contributed by atoms with Crippen molar-refractivity contribution < 1.29 is 17.9 Å². The molecule has 0 unspecified atom stereocenters. The molecule has 3 rings (SSSR count). The fourth-order valence-electron chi connectivity index (χ4n) is 3.31. The summed E-state index contributed by atoms with van der Waals surface area (Å²) in [5.74, 6) is 0.489. The number of carbonyl (C=O) groups excluding carboxylic acids is 1. The summed E-state index contributed by atoms with van der Waals surface area (Å²) in [5, 5.41) is 2.62. The zero-order valence-electron chi connectivity index (χ0n) is 16.1. The fourth-order valence-corrected chi connectivity index (χ4v) is 6.06. The van der Waals surface area contributed by atoms with Gasteiger partial charge in [-0.2, -0.15) is 0 Å². The summed E-state index contributed by atoms with van der Waals surface area (Å²) in [6.07, 6.45) is -0.269. The molecule has 0 spiro atoms. The van der Waals surface area contributed by atoms with Crippen LogP contribution in [0.1, 0.15) is 29.3 Å². The van der Waals surface area contributed by atoms with E-state index in [1.54, 1.807) is 41.4 Å². The number of benzene rings is 1. The Kier molecular flexibility index (Phi) is 6.37. The molecule has 1 aliphatic heterocycles. The highest BCUT2D eigenvalue weighted by Gasteiger charge is 2.37. The number of thiophene rings is 1. The minimum Gasteiger partial charge on any atom is -0.481 e. The minimum absolute atomic E-state index is 0.00986. The van der Waals surface area contributed by atoms with Crippen molar-refractivity contribution in [3.8, 4) is 5.75 Å². The molecule has 0 N–H and O–H groups in total. The van der Waals surface area contributed by atoms with Crippen LogP contribution in [0.2, 0.25) is 5.02 Å². The van der Waals surface area contributed by atoms with Gasteiger partial charge in [0, 0.05) is 15.9 Å². The van der Waals surface area contributed by atoms with Crippen molar-refractivity contribution in [2.45, 2.75) is 45.9 Å². The maximum absolute atomic E-state index is 13.2. The number of amides is 1. The first-order chi connectivity index (χ1) is 13.2. The molecule has 1 aliphatic rings. The Hall–Kier alpha value is -1.57. The second-order valence-electron chi connectivity index (χ2n) is 7.22. The van der Waals surface area contributed by atoms with Gasteiger partial charge in [-0.3, -0.25) is 4.79 Å². The van der Waals surface area contributed by atoms with E-state index in [9.17, 15) is 13.2 Å². The third-order valence-electron chi connectivity index (χ3n) is 5.00. The molecule has 0 radical (unpaired) electrons. The van der Waals surface area contributed by atoms with E-state index in [0.717, 1.165) is 16.0 Å². The van der Waals surface area contributed by atoms with E-state index in [-0.39, 0.29) is 23.5 Å². The topological polar surface area (TPSA) is 63.7 Å². The summed E-state index contributed by atoms with van der Waals surface area (Å²) < 4.78 is 29.8. The number of ether oxygens (including phenoxy) is 1. The molecule has 8 heteroatoms. The van der Waals surface area contributed by atoms with Gasteiger partial charge in [0.15, 0.2) is 15.9 Å². The zero-order valence-corrected chi connectivity index (χ0v) is 18.5. The molecule has 2 atom stereocenters. The van der Waals surface area contributed by atoms with Gasteiger partial charge in [-0.15, -0.1) is 11.3 Å². The molecule has 0 aliphatic carbocycles. The predicted octanol–water partition coefficient (Wildman–Crippen LogP) is 4.00. The minimum atomic E-state index is -3.10. The Morgan fingerprint density at radius 3 is 2.64 bits per heavy atom. The summed E-state index contributed by atoms with van der Waals surface area (Å²) in [4.78, 5) is 16.0. The lowest BCUT2D eigenvalue weighted by Crippen LogP contribution is -2.46. The van der Waals surface area contributed by atoms with E-state index in [1.165, 1.54) is 0 Å². The molecule has 5 nitrogen and oxygen atoms in total. The van der Waals surface area contributed by atoms with Gasteiger partial charge in [0.1, 0.15) is 5.75 Å². The third kappa shape index (κ3) is 4.88. The third-order valence-corrected chi connectivity index (χ3v) is 8.19. The zero-order chi connectivity index (χ0) is 20.5. The summed E-state index contributed by atoms with van der Waals surface area (Å²) in [6, 6.07) is 6.94. The highest BCUT2D eigenvalue weighted by atomic mass is 35.5. The van der Waals surface area contributed by atoms with Gasteiger partial charge in [-0.25, -0.2) is 8.42 Å². The summed E-state index contributed by atoms with van der Waals surface area (Å²) in [6.45, 7) is 5.97. The molecule has 1 aromatic heterocycles. The van der Waals surface area contributed by atoms with Crippen LogP contribution in [0.25, 0.3) is 0 Å². The van der Waals surface area contributed by atoms with Gasteiger partial charge in [0.2, 0.25) is 0 Å². The molecule has 1 saturated heterocycles. The van der Waals surface area contributed by atoms with Crippen molar-refractivity contribution in [3.05, 3.63) is 50.7 Å². The van der Waals surface area contributed by atoms with Gasteiger partial charge < -0.3 is 9.64 Å². The fraction of sp³-hybridized carbons (Fsp3) is 0.450. The van der Waals surface area contributed by atoms with Crippen LogP contribution in [0.3, 0.4) is 0 Å². The number of carbonyl (C=O) groups is 1. The van der Waals surface area contributed by atoms with E-state index in [0.29, 0.717) is 23.7 Å². The quantitative estimate of drug-likeness (QED) is 0.679. The lowest BCUT2D eigenvalue weighted by atomic mass is 10.1. The average Bonchev–Trinajstić information content (AvgIpc) is 3.20. The molecule has 2 aromatic rings. The lowest BCUT2D eigenvalue weighted by molar-refractivity contribution is -0.140. The summed E-state index contributed by atoms with van der Waals surface area (Å²) in [5.41, 5.74) is 1.97. The van der Waals surface area contributed by atoms with Crippen LogP contribution in [0.4, 0.5) is 0 Å². The van der Waals surface area contributed by atoms with Crippen molar-refractivity contribution in [1.29, 1.82) is 0 Å². The average molecular weight is 442 g/mol. The predicted molar refractivity (Wildman–Crippen MR) is 113 cm³/mol. The van der Waals surface area contributed by atoms with Crippen LogP contribution >= 0.6 is 22.9 Å². The number of nitrogens with zero attached hydrogens (tertiary/aromatic N) is 1. The maximum Gasteiger partial charge on any atom is 0.263 e. The molecule has 1 aromatic carbocycles. The van der Waals surface area contributed by atoms with E-state index in [1.807, 2.05) is 25.3 Å². The van der Waals surface area contributed by atoms with Crippen LogP contribution in [0.5, 0.6) is 5.75 Å². The largest absolute Gasteiger partial charge is 0.481 e. The van der Waals surface area contributed by atoms with E-state index in [2.05, 4.69) is 0 Å². The molecular weight excluding hydrogens is 418 g/mol. The molecule has 1 amide bonds. The first-order valence-electron chi connectivity index (χ1n) is 9.13. The molecule has 1 fully saturated rings. The van der Waals surface area contributed by atoms with Crippen molar-refractivity contribution in [2.24, 2.45) is 0 Å². The number of hydrogen-bond donors (Lipinski definition) is 0. The maximum atomic E-state index is 13.2. The Labute approximate surface area is 175 Å². The van der Waals surface area contributed by atoms with E-state index >= 15 is 0 Å². The molecule has 2 heterocycles. The monoisotopic (exact) mass is 441 g/mol. The highest BCUT2D eigenvalue weighted by molar-refractivity contribution is 7.91. The first-order valence-corrected chi connectivity index (χ1v) is 12.2. The number of rotatable bonds is 6. The smallest absolute Gasteiger partial charge is 0.263 e. The van der Waals surface area contributed by atoms with Crippen LogP contribution in [-0.2, 0) is 21.2 Å². The van der Waals surface area contributed by atoms with Crippen molar-refractivity contribution in [2.75, 3.05) is 11.5 Å². The Morgan fingerprint density at radius 2 is 2.07 bits per heavy atom. The standard InChI is InChI=1S/C20H24ClNO4S2/c1-13-6-8-27-19(13)11-22(16-7-9-28(24,25)12-16)20(23)15(3)26-17-4-5-18(21)14(2)10-17/h4-6,8,10,15-16H,7,9,11-12H2,1-3H3/t15-,16+/m0/s1. The van der Waals surface area contributed by atoms with Crippen molar-refractivity contribution in [1.82, 2.24) is 4.90 Å². The number of hydrogen-bond acceptors (Lipinski definition) is 5. The molecular formula is C20H24ClNO4S2.